The largest absolute Gasteiger partial charge is 0.457 e. The van der Waals surface area contributed by atoms with Crippen LogP contribution in [0.4, 0.5) is 5.69 Å². The van der Waals surface area contributed by atoms with E-state index < -0.39 is 0 Å². The molecule has 0 fully saturated rings. The van der Waals surface area contributed by atoms with Gasteiger partial charge in [0.1, 0.15) is 22.9 Å². The standard InChI is InChI=1S/C29H25N3O3S/c1-19(2)20-8-10-21(11-9-20)25-17-36-28-27(25)29(34)32(18-30-28)16-26(33)31-22-12-14-24(15-13-22)35-23-6-4-3-5-7-23/h3-15,17-19H,16H2,1-2H3,(H,31,33). The highest BCUT2D eigenvalue weighted by atomic mass is 32.1. The lowest BCUT2D eigenvalue weighted by atomic mass is 9.99. The number of amides is 1. The monoisotopic (exact) mass is 495 g/mol. The zero-order valence-electron chi connectivity index (χ0n) is 20.0. The molecule has 2 heterocycles. The van der Waals surface area contributed by atoms with E-state index in [-0.39, 0.29) is 18.0 Å². The summed E-state index contributed by atoms with van der Waals surface area (Å²) in [7, 11) is 0. The zero-order chi connectivity index (χ0) is 25.1. The molecule has 1 N–H and O–H groups in total. The maximum absolute atomic E-state index is 13.3. The predicted octanol–water partition coefficient (Wildman–Crippen LogP) is 6.68. The van der Waals surface area contributed by atoms with Crippen molar-refractivity contribution in [3.63, 3.8) is 0 Å². The molecule has 6 nitrogen and oxygen atoms in total. The van der Waals surface area contributed by atoms with Gasteiger partial charge in [0.2, 0.25) is 5.91 Å². The Bertz CT molecular complexity index is 1550. The number of benzene rings is 3. The molecule has 5 rings (SSSR count). The normalized spacial score (nSPS) is 11.1. The summed E-state index contributed by atoms with van der Waals surface area (Å²) in [6, 6.07) is 24.8. The van der Waals surface area contributed by atoms with E-state index in [1.165, 1.54) is 27.8 Å². The van der Waals surface area contributed by atoms with Gasteiger partial charge in [0.05, 0.1) is 11.7 Å². The van der Waals surface area contributed by atoms with Crippen molar-refractivity contribution >= 4 is 33.1 Å². The lowest BCUT2D eigenvalue weighted by Gasteiger charge is -2.10. The van der Waals surface area contributed by atoms with Crippen molar-refractivity contribution < 1.29 is 9.53 Å². The van der Waals surface area contributed by atoms with Gasteiger partial charge in [0.25, 0.3) is 5.56 Å². The second-order valence-corrected chi connectivity index (χ2v) is 9.63. The molecule has 2 aromatic heterocycles. The molecule has 7 heteroatoms. The number of carbonyl (C=O) groups is 1. The first-order valence-electron chi connectivity index (χ1n) is 11.7. The van der Waals surface area contributed by atoms with Crippen LogP contribution >= 0.6 is 11.3 Å². The second-order valence-electron chi connectivity index (χ2n) is 8.77. The number of anilines is 1. The second kappa shape index (κ2) is 10.2. The fourth-order valence-corrected chi connectivity index (χ4v) is 4.83. The van der Waals surface area contributed by atoms with Gasteiger partial charge in [-0.25, -0.2) is 4.98 Å². The molecule has 0 aliphatic carbocycles. The predicted molar refractivity (Wildman–Crippen MR) is 145 cm³/mol. The van der Waals surface area contributed by atoms with E-state index >= 15 is 0 Å². The molecular formula is C29H25N3O3S. The molecule has 1 amide bonds. The number of rotatable bonds is 7. The van der Waals surface area contributed by atoms with Crippen molar-refractivity contribution in [1.82, 2.24) is 9.55 Å². The zero-order valence-corrected chi connectivity index (χ0v) is 20.8. The van der Waals surface area contributed by atoms with Gasteiger partial charge < -0.3 is 10.1 Å². The Morgan fingerprint density at radius 1 is 0.972 bits per heavy atom. The van der Waals surface area contributed by atoms with E-state index in [1.807, 2.05) is 47.8 Å². The van der Waals surface area contributed by atoms with Crippen LogP contribution in [0.25, 0.3) is 21.3 Å². The van der Waals surface area contributed by atoms with E-state index in [0.717, 1.165) is 16.9 Å². The van der Waals surface area contributed by atoms with E-state index in [1.54, 1.807) is 24.3 Å². The minimum Gasteiger partial charge on any atom is -0.457 e. The summed E-state index contributed by atoms with van der Waals surface area (Å²) in [5.74, 6) is 1.52. The van der Waals surface area contributed by atoms with Crippen molar-refractivity contribution in [2.24, 2.45) is 0 Å². The highest BCUT2D eigenvalue weighted by Gasteiger charge is 2.15. The SMILES string of the molecule is CC(C)c1ccc(-c2csc3ncn(CC(=O)Nc4ccc(Oc5ccccc5)cc4)c(=O)c23)cc1. The van der Waals surface area contributed by atoms with Crippen LogP contribution in [0.2, 0.25) is 0 Å². The molecule has 0 aliphatic heterocycles. The molecule has 0 saturated carbocycles. The van der Waals surface area contributed by atoms with E-state index in [9.17, 15) is 9.59 Å². The Balaban J connectivity index is 1.31. The van der Waals surface area contributed by atoms with Crippen LogP contribution < -0.4 is 15.6 Å². The topological polar surface area (TPSA) is 73.2 Å². The molecule has 0 spiro atoms. The van der Waals surface area contributed by atoms with Gasteiger partial charge in [0.15, 0.2) is 0 Å². The number of aromatic nitrogens is 2. The van der Waals surface area contributed by atoms with Crippen molar-refractivity contribution in [2.75, 3.05) is 5.32 Å². The summed E-state index contributed by atoms with van der Waals surface area (Å²) in [6.45, 7) is 4.16. The molecule has 0 saturated heterocycles. The fourth-order valence-electron chi connectivity index (χ4n) is 3.93. The summed E-state index contributed by atoms with van der Waals surface area (Å²) in [4.78, 5) is 31.1. The Labute approximate surface area is 212 Å². The Morgan fingerprint density at radius 2 is 1.67 bits per heavy atom. The first kappa shape index (κ1) is 23.5. The molecule has 3 aromatic carbocycles. The number of nitrogens with zero attached hydrogens (tertiary/aromatic N) is 2. The van der Waals surface area contributed by atoms with E-state index in [0.29, 0.717) is 27.6 Å². The summed E-state index contributed by atoms with van der Waals surface area (Å²) < 4.78 is 7.13. The molecule has 5 aromatic rings. The third kappa shape index (κ3) is 5.06. The summed E-state index contributed by atoms with van der Waals surface area (Å²) in [5.41, 5.74) is 3.43. The smallest absolute Gasteiger partial charge is 0.263 e. The summed E-state index contributed by atoms with van der Waals surface area (Å²) in [5, 5.41) is 5.32. The van der Waals surface area contributed by atoms with Crippen molar-refractivity contribution in [1.29, 1.82) is 0 Å². The third-order valence-electron chi connectivity index (χ3n) is 5.88. The lowest BCUT2D eigenvalue weighted by molar-refractivity contribution is -0.116. The van der Waals surface area contributed by atoms with Gasteiger partial charge in [-0.05, 0) is 53.4 Å². The quantitative estimate of drug-likeness (QED) is 0.273. The van der Waals surface area contributed by atoms with Crippen molar-refractivity contribution in [2.45, 2.75) is 26.3 Å². The minimum absolute atomic E-state index is 0.133. The van der Waals surface area contributed by atoms with Crippen LogP contribution in [0.15, 0.2) is 95.4 Å². The van der Waals surface area contributed by atoms with Gasteiger partial charge in [-0.1, -0.05) is 56.3 Å². The maximum Gasteiger partial charge on any atom is 0.263 e. The lowest BCUT2D eigenvalue weighted by Crippen LogP contribution is -2.27. The van der Waals surface area contributed by atoms with Crippen LogP contribution in [0.3, 0.4) is 0 Å². The van der Waals surface area contributed by atoms with Crippen LogP contribution in [-0.2, 0) is 11.3 Å². The molecule has 180 valence electrons. The van der Waals surface area contributed by atoms with Gasteiger partial charge in [-0.2, -0.15) is 0 Å². The van der Waals surface area contributed by atoms with Gasteiger partial charge in [0, 0.05) is 16.6 Å². The number of carbonyl (C=O) groups excluding carboxylic acids is 1. The first-order chi connectivity index (χ1) is 17.5. The highest BCUT2D eigenvalue weighted by molar-refractivity contribution is 7.17. The Morgan fingerprint density at radius 3 is 2.36 bits per heavy atom. The average Bonchev–Trinajstić information content (AvgIpc) is 3.33. The van der Waals surface area contributed by atoms with Gasteiger partial charge in [-0.15, -0.1) is 11.3 Å². The molecule has 0 bridgehead atoms. The summed E-state index contributed by atoms with van der Waals surface area (Å²) in [6.07, 6.45) is 1.43. The molecule has 36 heavy (non-hydrogen) atoms. The highest BCUT2D eigenvalue weighted by Crippen LogP contribution is 2.31. The number of hydrogen-bond acceptors (Lipinski definition) is 5. The summed E-state index contributed by atoms with van der Waals surface area (Å²) >= 11 is 1.43. The van der Waals surface area contributed by atoms with Crippen molar-refractivity contribution in [3.05, 3.63) is 106 Å². The van der Waals surface area contributed by atoms with Gasteiger partial charge >= 0.3 is 0 Å². The van der Waals surface area contributed by atoms with E-state index in [4.69, 9.17) is 4.74 Å². The van der Waals surface area contributed by atoms with Crippen LogP contribution in [0, 0.1) is 0 Å². The Hall–Kier alpha value is -4.23. The Kier molecular flexibility index (Phi) is 6.64. The van der Waals surface area contributed by atoms with E-state index in [2.05, 4.69) is 36.3 Å². The van der Waals surface area contributed by atoms with Crippen LogP contribution in [0.5, 0.6) is 11.5 Å². The third-order valence-corrected chi connectivity index (χ3v) is 6.77. The first-order valence-corrected chi connectivity index (χ1v) is 12.6. The molecule has 0 radical (unpaired) electrons. The number of ether oxygens (including phenoxy) is 1. The van der Waals surface area contributed by atoms with Crippen LogP contribution in [0.1, 0.15) is 25.3 Å². The molecule has 0 unspecified atom stereocenters. The molecule has 0 aliphatic rings. The number of thiophene rings is 1. The molecule has 0 atom stereocenters. The van der Waals surface area contributed by atoms with Gasteiger partial charge in [-0.3, -0.25) is 14.2 Å². The number of fused-ring (bicyclic) bond motifs is 1. The minimum atomic E-state index is -0.312. The van der Waals surface area contributed by atoms with Crippen LogP contribution in [-0.4, -0.2) is 15.5 Å². The number of para-hydroxylation sites is 1. The maximum atomic E-state index is 13.3. The fraction of sp³-hybridized carbons (Fsp3) is 0.138. The average molecular weight is 496 g/mol. The number of hydrogen-bond donors (Lipinski definition) is 1. The van der Waals surface area contributed by atoms with Crippen molar-refractivity contribution in [3.8, 4) is 22.6 Å². The number of nitrogens with one attached hydrogen (secondary N) is 1. The molecular weight excluding hydrogens is 470 g/mol.